The lowest BCUT2D eigenvalue weighted by Gasteiger charge is -2.26. The van der Waals surface area contributed by atoms with Gasteiger partial charge < -0.3 is 15.4 Å². The van der Waals surface area contributed by atoms with Crippen molar-refractivity contribution in [2.45, 2.75) is 19.9 Å². The first kappa shape index (κ1) is 12.4. The predicted molar refractivity (Wildman–Crippen MR) is 55.0 cm³/mol. The van der Waals surface area contributed by atoms with E-state index in [1.54, 1.807) is 7.11 Å². The first-order chi connectivity index (χ1) is 5.99. The minimum Gasteiger partial charge on any atom is -0.387 e. The normalized spacial score (nSPS) is 15.8. The molecule has 0 aromatic carbocycles. The SMILES string of the molecule is COCC(C)N(C)CC(C)C(=N)N. The van der Waals surface area contributed by atoms with E-state index in [0.717, 1.165) is 6.54 Å². The number of hydrogen-bond acceptors (Lipinski definition) is 3. The first-order valence-electron chi connectivity index (χ1n) is 4.52. The molecule has 3 N–H and O–H groups in total. The van der Waals surface area contributed by atoms with E-state index in [0.29, 0.717) is 12.6 Å². The molecule has 0 spiro atoms. The highest BCUT2D eigenvalue weighted by Crippen LogP contribution is 2.02. The number of amidine groups is 1. The number of nitrogens with zero attached hydrogens (tertiary/aromatic N) is 1. The van der Waals surface area contributed by atoms with Crippen LogP contribution in [0.15, 0.2) is 0 Å². The minimum absolute atomic E-state index is 0.115. The van der Waals surface area contributed by atoms with Crippen LogP contribution in [0.4, 0.5) is 0 Å². The molecule has 0 aliphatic carbocycles. The molecule has 0 heterocycles. The van der Waals surface area contributed by atoms with E-state index >= 15 is 0 Å². The lowest BCUT2D eigenvalue weighted by Crippen LogP contribution is -2.39. The van der Waals surface area contributed by atoms with Crippen molar-refractivity contribution < 1.29 is 4.74 Å². The Bertz CT molecular complexity index is 161. The van der Waals surface area contributed by atoms with Gasteiger partial charge in [-0.3, -0.25) is 5.41 Å². The number of likely N-dealkylation sites (N-methyl/N-ethyl adjacent to an activating group) is 1. The molecule has 4 heteroatoms. The van der Waals surface area contributed by atoms with Gasteiger partial charge in [0.05, 0.1) is 12.4 Å². The molecule has 0 saturated carbocycles. The Morgan fingerprint density at radius 2 is 2.08 bits per heavy atom. The fourth-order valence-electron chi connectivity index (χ4n) is 1.08. The highest BCUT2D eigenvalue weighted by Gasteiger charge is 2.13. The van der Waals surface area contributed by atoms with Crippen LogP contribution in [0.1, 0.15) is 13.8 Å². The molecule has 0 aliphatic rings. The summed E-state index contributed by atoms with van der Waals surface area (Å²) in [5.41, 5.74) is 5.38. The van der Waals surface area contributed by atoms with Crippen molar-refractivity contribution in [1.29, 1.82) is 5.41 Å². The number of nitrogens with one attached hydrogen (secondary N) is 1. The molecule has 0 rings (SSSR count). The Balaban J connectivity index is 3.84. The van der Waals surface area contributed by atoms with E-state index < -0.39 is 0 Å². The van der Waals surface area contributed by atoms with Crippen molar-refractivity contribution >= 4 is 5.84 Å². The van der Waals surface area contributed by atoms with Gasteiger partial charge >= 0.3 is 0 Å². The second-order valence-electron chi connectivity index (χ2n) is 3.60. The van der Waals surface area contributed by atoms with Crippen LogP contribution >= 0.6 is 0 Å². The van der Waals surface area contributed by atoms with Crippen LogP contribution < -0.4 is 5.73 Å². The molecule has 2 unspecified atom stereocenters. The summed E-state index contributed by atoms with van der Waals surface area (Å²) in [5.74, 6) is 0.362. The van der Waals surface area contributed by atoms with Gasteiger partial charge in [-0.15, -0.1) is 0 Å². The molecule has 13 heavy (non-hydrogen) atoms. The number of rotatable bonds is 6. The van der Waals surface area contributed by atoms with Crippen LogP contribution in [0, 0.1) is 11.3 Å². The van der Waals surface area contributed by atoms with Crippen LogP contribution in [0.2, 0.25) is 0 Å². The number of methoxy groups -OCH3 is 1. The summed E-state index contributed by atoms with van der Waals surface area (Å²) in [5, 5.41) is 7.26. The van der Waals surface area contributed by atoms with E-state index in [1.165, 1.54) is 0 Å². The summed E-state index contributed by atoms with van der Waals surface area (Å²) >= 11 is 0. The molecule has 0 radical (unpaired) electrons. The highest BCUT2D eigenvalue weighted by molar-refractivity contribution is 5.79. The molecular weight excluding hydrogens is 166 g/mol. The molecule has 0 fully saturated rings. The van der Waals surface area contributed by atoms with Gasteiger partial charge in [0.15, 0.2) is 0 Å². The maximum absolute atomic E-state index is 7.26. The number of nitrogens with two attached hydrogens (primary N) is 1. The van der Waals surface area contributed by atoms with Crippen molar-refractivity contribution in [3.8, 4) is 0 Å². The van der Waals surface area contributed by atoms with Gasteiger partial charge in [-0.1, -0.05) is 6.92 Å². The average Bonchev–Trinajstić information content (AvgIpc) is 2.04. The van der Waals surface area contributed by atoms with Gasteiger partial charge in [0.2, 0.25) is 0 Å². The largest absolute Gasteiger partial charge is 0.387 e. The Hall–Kier alpha value is -0.610. The van der Waals surface area contributed by atoms with Crippen molar-refractivity contribution in [3.63, 3.8) is 0 Å². The van der Waals surface area contributed by atoms with Crippen molar-refractivity contribution in [2.75, 3.05) is 27.3 Å². The average molecular weight is 187 g/mol. The molecule has 0 bridgehead atoms. The van der Waals surface area contributed by atoms with Gasteiger partial charge in [0.1, 0.15) is 0 Å². The topological polar surface area (TPSA) is 62.3 Å². The third-order valence-corrected chi connectivity index (χ3v) is 2.25. The Kier molecular flexibility index (Phi) is 5.66. The molecule has 78 valence electrons. The molecule has 0 aromatic heterocycles. The molecule has 0 aromatic rings. The molecule has 0 saturated heterocycles. The summed E-state index contributed by atoms with van der Waals surface area (Å²) < 4.78 is 5.04. The minimum atomic E-state index is 0.115. The van der Waals surface area contributed by atoms with Crippen LogP contribution in [-0.4, -0.2) is 44.1 Å². The standard InChI is InChI=1S/C9H21N3O/c1-7(9(10)11)5-12(3)8(2)6-13-4/h7-8H,5-6H2,1-4H3,(H3,10,11). The Morgan fingerprint density at radius 1 is 1.54 bits per heavy atom. The van der Waals surface area contributed by atoms with Crippen LogP contribution in [0.25, 0.3) is 0 Å². The smallest absolute Gasteiger partial charge is 0.0947 e. The van der Waals surface area contributed by atoms with Crippen molar-refractivity contribution in [2.24, 2.45) is 11.7 Å². The maximum Gasteiger partial charge on any atom is 0.0947 e. The third-order valence-electron chi connectivity index (χ3n) is 2.25. The Labute approximate surface area is 80.6 Å². The van der Waals surface area contributed by atoms with Gasteiger partial charge in [-0.05, 0) is 14.0 Å². The highest BCUT2D eigenvalue weighted by atomic mass is 16.5. The molecule has 4 nitrogen and oxygen atoms in total. The number of ether oxygens (including phenoxy) is 1. The zero-order valence-electron chi connectivity index (χ0n) is 9.00. The predicted octanol–water partition coefficient (Wildman–Crippen LogP) is 0.525. The van der Waals surface area contributed by atoms with Gasteiger partial charge in [0.25, 0.3) is 0 Å². The monoisotopic (exact) mass is 187 g/mol. The molecule has 0 amide bonds. The number of hydrogen-bond donors (Lipinski definition) is 2. The third kappa shape index (κ3) is 4.85. The van der Waals surface area contributed by atoms with Crippen LogP contribution in [0.3, 0.4) is 0 Å². The molecule has 2 atom stereocenters. The first-order valence-corrected chi connectivity index (χ1v) is 4.52. The molecule has 0 aliphatic heterocycles. The van der Waals surface area contributed by atoms with Gasteiger partial charge in [-0.2, -0.15) is 0 Å². The van der Waals surface area contributed by atoms with Gasteiger partial charge in [-0.25, -0.2) is 0 Å². The van der Waals surface area contributed by atoms with E-state index in [2.05, 4.69) is 11.8 Å². The summed E-state index contributed by atoms with van der Waals surface area (Å²) in [6.07, 6.45) is 0. The van der Waals surface area contributed by atoms with E-state index in [9.17, 15) is 0 Å². The zero-order chi connectivity index (χ0) is 10.4. The summed E-state index contributed by atoms with van der Waals surface area (Å²) in [4.78, 5) is 2.15. The second kappa shape index (κ2) is 5.94. The quantitative estimate of drug-likeness (QED) is 0.471. The van der Waals surface area contributed by atoms with Crippen molar-refractivity contribution in [3.05, 3.63) is 0 Å². The van der Waals surface area contributed by atoms with Crippen LogP contribution in [-0.2, 0) is 4.74 Å². The summed E-state index contributed by atoms with van der Waals surface area (Å²) in [7, 11) is 3.71. The van der Waals surface area contributed by atoms with E-state index in [1.807, 2.05) is 14.0 Å². The summed E-state index contributed by atoms with van der Waals surface area (Å²) in [6.45, 7) is 5.57. The lowest BCUT2D eigenvalue weighted by atomic mass is 10.1. The van der Waals surface area contributed by atoms with E-state index in [-0.39, 0.29) is 11.8 Å². The van der Waals surface area contributed by atoms with Crippen molar-refractivity contribution in [1.82, 2.24) is 4.90 Å². The zero-order valence-corrected chi connectivity index (χ0v) is 9.00. The fraction of sp³-hybridized carbons (Fsp3) is 0.889. The van der Waals surface area contributed by atoms with Gasteiger partial charge in [0, 0.05) is 25.6 Å². The van der Waals surface area contributed by atoms with Crippen LogP contribution in [0.5, 0.6) is 0 Å². The van der Waals surface area contributed by atoms with E-state index in [4.69, 9.17) is 15.9 Å². The lowest BCUT2D eigenvalue weighted by molar-refractivity contribution is 0.112. The maximum atomic E-state index is 7.26. The summed E-state index contributed by atoms with van der Waals surface area (Å²) in [6, 6.07) is 0.367. The molecular formula is C9H21N3O. The Morgan fingerprint density at radius 3 is 2.46 bits per heavy atom. The fourth-order valence-corrected chi connectivity index (χ4v) is 1.08. The second-order valence-corrected chi connectivity index (χ2v) is 3.60.